The standard InChI is InChI=1S/C21H23NO5S/c1-12(2)19(23)17-18(13-7-8-15(26-3)16(10-13)27-4)22(21(25)20(17)24)11-14-6-5-9-28-14/h5-10,12,18,24H,11H2,1-4H3. The van der Waals surface area contributed by atoms with Gasteiger partial charge in [0.25, 0.3) is 5.91 Å². The van der Waals surface area contributed by atoms with Crippen LogP contribution in [0.25, 0.3) is 0 Å². The predicted octanol–water partition coefficient (Wildman–Crippen LogP) is 3.89. The molecule has 6 nitrogen and oxygen atoms in total. The van der Waals surface area contributed by atoms with E-state index >= 15 is 0 Å². The number of methoxy groups -OCH3 is 2. The minimum atomic E-state index is -0.690. The van der Waals surface area contributed by atoms with Crippen molar-refractivity contribution in [1.82, 2.24) is 4.90 Å². The first-order valence-corrected chi connectivity index (χ1v) is 9.79. The van der Waals surface area contributed by atoms with Gasteiger partial charge in [-0.05, 0) is 29.1 Å². The number of carbonyl (C=O) groups excluding carboxylic acids is 2. The van der Waals surface area contributed by atoms with E-state index in [-0.39, 0.29) is 17.3 Å². The van der Waals surface area contributed by atoms with E-state index in [2.05, 4.69) is 0 Å². The Morgan fingerprint density at radius 3 is 2.50 bits per heavy atom. The average molecular weight is 401 g/mol. The second-order valence-electron chi connectivity index (χ2n) is 6.81. The molecule has 7 heteroatoms. The molecule has 0 saturated carbocycles. The molecule has 0 fully saturated rings. The lowest BCUT2D eigenvalue weighted by atomic mass is 9.91. The van der Waals surface area contributed by atoms with Crippen LogP contribution in [0.5, 0.6) is 11.5 Å². The summed E-state index contributed by atoms with van der Waals surface area (Å²) < 4.78 is 10.7. The van der Waals surface area contributed by atoms with E-state index in [1.807, 2.05) is 17.5 Å². The van der Waals surface area contributed by atoms with Crippen LogP contribution in [0.2, 0.25) is 0 Å². The Balaban J connectivity index is 2.11. The van der Waals surface area contributed by atoms with Crippen LogP contribution in [0.15, 0.2) is 47.0 Å². The van der Waals surface area contributed by atoms with Crippen molar-refractivity contribution in [3.63, 3.8) is 0 Å². The van der Waals surface area contributed by atoms with Crippen molar-refractivity contribution in [3.8, 4) is 11.5 Å². The van der Waals surface area contributed by atoms with Crippen LogP contribution in [0.1, 0.15) is 30.3 Å². The van der Waals surface area contributed by atoms with E-state index < -0.39 is 17.7 Å². The summed E-state index contributed by atoms with van der Waals surface area (Å²) in [5.74, 6) is -0.586. The Morgan fingerprint density at radius 1 is 1.21 bits per heavy atom. The van der Waals surface area contributed by atoms with Crippen molar-refractivity contribution in [2.75, 3.05) is 14.2 Å². The van der Waals surface area contributed by atoms with Crippen LogP contribution in [-0.4, -0.2) is 35.9 Å². The zero-order valence-electron chi connectivity index (χ0n) is 16.3. The van der Waals surface area contributed by atoms with Gasteiger partial charge in [0.05, 0.1) is 32.4 Å². The number of thiophene rings is 1. The first-order valence-electron chi connectivity index (χ1n) is 8.91. The van der Waals surface area contributed by atoms with Crippen molar-refractivity contribution < 1.29 is 24.2 Å². The van der Waals surface area contributed by atoms with Crippen molar-refractivity contribution in [3.05, 3.63) is 57.5 Å². The van der Waals surface area contributed by atoms with Gasteiger partial charge in [0.15, 0.2) is 23.0 Å². The van der Waals surface area contributed by atoms with Gasteiger partial charge in [0.2, 0.25) is 0 Å². The number of benzene rings is 1. The molecule has 0 saturated heterocycles. The largest absolute Gasteiger partial charge is 0.503 e. The Labute approximate surface area is 168 Å². The Morgan fingerprint density at radius 2 is 1.93 bits per heavy atom. The zero-order chi connectivity index (χ0) is 20.4. The number of amides is 1. The number of ketones is 1. The maximum atomic E-state index is 12.9. The lowest BCUT2D eigenvalue weighted by Gasteiger charge is -2.27. The molecular formula is C21H23NO5S. The quantitative estimate of drug-likeness (QED) is 0.762. The summed E-state index contributed by atoms with van der Waals surface area (Å²) in [6, 6.07) is 8.39. The third-order valence-corrected chi connectivity index (χ3v) is 5.58. The van der Waals surface area contributed by atoms with Crippen LogP contribution < -0.4 is 9.47 Å². The van der Waals surface area contributed by atoms with Crippen molar-refractivity contribution >= 4 is 23.0 Å². The zero-order valence-corrected chi connectivity index (χ0v) is 17.1. The van der Waals surface area contributed by atoms with Crippen LogP contribution in [0.3, 0.4) is 0 Å². The molecule has 1 amide bonds. The number of hydrogen-bond donors (Lipinski definition) is 1. The second kappa shape index (κ2) is 8.06. The van der Waals surface area contributed by atoms with Gasteiger partial charge in [0.1, 0.15) is 0 Å². The number of hydrogen-bond acceptors (Lipinski definition) is 6. The number of rotatable bonds is 7. The molecule has 28 heavy (non-hydrogen) atoms. The number of nitrogens with zero attached hydrogens (tertiary/aromatic N) is 1. The second-order valence-corrected chi connectivity index (χ2v) is 7.84. The van der Waals surface area contributed by atoms with Crippen LogP contribution in [-0.2, 0) is 16.1 Å². The molecule has 1 aliphatic rings. The molecule has 3 rings (SSSR count). The van der Waals surface area contributed by atoms with E-state index in [4.69, 9.17) is 9.47 Å². The van der Waals surface area contributed by atoms with Crippen molar-refractivity contribution in [2.24, 2.45) is 5.92 Å². The van der Waals surface area contributed by atoms with Crippen LogP contribution in [0.4, 0.5) is 0 Å². The van der Waals surface area contributed by atoms with E-state index in [1.165, 1.54) is 23.3 Å². The highest BCUT2D eigenvalue weighted by Crippen LogP contribution is 2.42. The number of aliphatic hydroxyl groups is 1. The number of aliphatic hydroxyl groups excluding tert-OH is 1. The van der Waals surface area contributed by atoms with Crippen LogP contribution in [0, 0.1) is 5.92 Å². The SMILES string of the molecule is COc1ccc(C2C(C(=O)C(C)C)=C(O)C(=O)N2Cc2cccs2)cc1OC. The molecule has 1 N–H and O–H groups in total. The van der Waals surface area contributed by atoms with E-state index in [0.29, 0.717) is 23.6 Å². The highest BCUT2D eigenvalue weighted by atomic mass is 32.1. The Hall–Kier alpha value is -2.80. The molecule has 1 atom stereocenters. The maximum Gasteiger partial charge on any atom is 0.290 e. The van der Waals surface area contributed by atoms with E-state index in [1.54, 1.807) is 39.2 Å². The van der Waals surface area contributed by atoms with Gasteiger partial charge in [-0.2, -0.15) is 0 Å². The average Bonchev–Trinajstić information content (AvgIpc) is 3.29. The van der Waals surface area contributed by atoms with Gasteiger partial charge in [0, 0.05) is 10.8 Å². The van der Waals surface area contributed by atoms with Crippen LogP contribution >= 0.6 is 11.3 Å². The summed E-state index contributed by atoms with van der Waals surface area (Å²) in [6.07, 6.45) is 0. The smallest absolute Gasteiger partial charge is 0.290 e. The number of carbonyl (C=O) groups is 2. The normalized spacial score (nSPS) is 16.8. The number of Topliss-reactive ketones (excluding diaryl/α,β-unsaturated/α-hetero) is 1. The van der Waals surface area contributed by atoms with E-state index in [0.717, 1.165) is 4.88 Å². The highest BCUT2D eigenvalue weighted by Gasteiger charge is 2.44. The molecule has 2 heterocycles. The van der Waals surface area contributed by atoms with Gasteiger partial charge in [-0.3, -0.25) is 9.59 Å². The minimum Gasteiger partial charge on any atom is -0.503 e. The lowest BCUT2D eigenvalue weighted by molar-refractivity contribution is -0.130. The fraction of sp³-hybridized carbons (Fsp3) is 0.333. The predicted molar refractivity (Wildman–Crippen MR) is 107 cm³/mol. The first-order chi connectivity index (χ1) is 13.4. The van der Waals surface area contributed by atoms with Crippen molar-refractivity contribution in [1.29, 1.82) is 0 Å². The Kier molecular flexibility index (Phi) is 5.74. The topological polar surface area (TPSA) is 76.1 Å². The molecular weight excluding hydrogens is 378 g/mol. The van der Waals surface area contributed by atoms with Crippen molar-refractivity contribution in [2.45, 2.75) is 26.4 Å². The van der Waals surface area contributed by atoms with Gasteiger partial charge in [-0.1, -0.05) is 26.0 Å². The van der Waals surface area contributed by atoms with Gasteiger partial charge in [-0.25, -0.2) is 0 Å². The third-order valence-electron chi connectivity index (χ3n) is 4.72. The summed E-state index contributed by atoms with van der Waals surface area (Å²) >= 11 is 1.52. The molecule has 0 bridgehead atoms. The fourth-order valence-electron chi connectivity index (χ4n) is 3.32. The molecule has 1 aliphatic heterocycles. The molecule has 1 aromatic carbocycles. The molecule has 2 aromatic rings. The summed E-state index contributed by atoms with van der Waals surface area (Å²) in [5, 5.41) is 12.5. The summed E-state index contributed by atoms with van der Waals surface area (Å²) in [4.78, 5) is 28.2. The third kappa shape index (κ3) is 3.49. The fourth-order valence-corrected chi connectivity index (χ4v) is 4.02. The summed E-state index contributed by atoms with van der Waals surface area (Å²) in [5.41, 5.74) is 0.805. The minimum absolute atomic E-state index is 0.128. The van der Waals surface area contributed by atoms with Gasteiger partial charge >= 0.3 is 0 Å². The molecule has 0 aliphatic carbocycles. The van der Waals surface area contributed by atoms with Gasteiger partial charge in [-0.15, -0.1) is 11.3 Å². The molecule has 0 spiro atoms. The van der Waals surface area contributed by atoms with E-state index in [9.17, 15) is 14.7 Å². The molecule has 1 aromatic heterocycles. The summed E-state index contributed by atoms with van der Waals surface area (Å²) in [6.45, 7) is 3.80. The summed E-state index contributed by atoms with van der Waals surface area (Å²) in [7, 11) is 3.07. The maximum absolute atomic E-state index is 12.9. The monoisotopic (exact) mass is 401 g/mol. The molecule has 148 valence electrons. The first kappa shape index (κ1) is 19.9. The van der Waals surface area contributed by atoms with Gasteiger partial charge < -0.3 is 19.5 Å². The molecule has 0 radical (unpaired) electrons. The lowest BCUT2D eigenvalue weighted by Crippen LogP contribution is -2.30. The highest BCUT2D eigenvalue weighted by molar-refractivity contribution is 7.09. The molecule has 1 unspecified atom stereocenters. The Bertz CT molecular complexity index is 917. The number of ether oxygens (including phenoxy) is 2.